The average Bonchev–Trinajstić information content (AvgIpc) is 2.64. The molecule has 1 amide bonds. The van der Waals surface area contributed by atoms with E-state index in [1.54, 1.807) is 30.3 Å². The van der Waals surface area contributed by atoms with Gasteiger partial charge in [-0.3, -0.25) is 4.79 Å². The van der Waals surface area contributed by atoms with E-state index in [1.807, 2.05) is 0 Å². The Morgan fingerprint density at radius 3 is 2.36 bits per heavy atom. The molecule has 0 fully saturated rings. The van der Waals surface area contributed by atoms with E-state index in [1.165, 1.54) is 20.3 Å². The molecular weight excluding hydrogens is 399 g/mol. The molecular formula is C19H19ClF3NO4. The molecule has 0 aliphatic rings. The van der Waals surface area contributed by atoms with Crippen molar-refractivity contribution >= 4 is 23.2 Å². The number of carbonyl (C=O) groups excluding carboxylic acids is 1. The van der Waals surface area contributed by atoms with Gasteiger partial charge in [0.15, 0.2) is 18.1 Å². The lowest BCUT2D eigenvalue weighted by Gasteiger charge is -2.14. The van der Waals surface area contributed by atoms with Gasteiger partial charge in [0.1, 0.15) is 5.75 Å². The number of hydrogen-bond donors (Lipinski definition) is 1. The summed E-state index contributed by atoms with van der Waals surface area (Å²) in [4.78, 5) is 12.2. The SMILES string of the molecule is COc1ccc(Cl)cc1NC(=O)CCc1ccc(OCC(F)(F)F)c(OC)c1. The van der Waals surface area contributed by atoms with Crippen molar-refractivity contribution in [1.82, 2.24) is 0 Å². The summed E-state index contributed by atoms with van der Waals surface area (Å²) < 4.78 is 51.9. The number of amides is 1. The van der Waals surface area contributed by atoms with Crippen molar-refractivity contribution in [3.63, 3.8) is 0 Å². The Hall–Kier alpha value is -2.61. The molecule has 152 valence electrons. The Morgan fingerprint density at radius 1 is 1.04 bits per heavy atom. The second kappa shape index (κ2) is 9.54. The van der Waals surface area contributed by atoms with E-state index in [0.29, 0.717) is 28.4 Å². The van der Waals surface area contributed by atoms with Crippen LogP contribution < -0.4 is 19.5 Å². The molecule has 0 heterocycles. The van der Waals surface area contributed by atoms with Gasteiger partial charge in [-0.15, -0.1) is 0 Å². The molecule has 2 aromatic rings. The molecule has 0 aliphatic carbocycles. The number of alkyl halides is 3. The number of hydrogen-bond acceptors (Lipinski definition) is 4. The van der Waals surface area contributed by atoms with Gasteiger partial charge in [-0.2, -0.15) is 13.2 Å². The van der Waals surface area contributed by atoms with E-state index < -0.39 is 12.8 Å². The largest absolute Gasteiger partial charge is 0.495 e. The first kappa shape index (κ1) is 21.7. The smallest absolute Gasteiger partial charge is 0.422 e. The fourth-order valence-corrected chi connectivity index (χ4v) is 2.57. The number of rotatable bonds is 8. The summed E-state index contributed by atoms with van der Waals surface area (Å²) in [5.74, 6) is 0.359. The van der Waals surface area contributed by atoms with E-state index in [9.17, 15) is 18.0 Å². The van der Waals surface area contributed by atoms with Gasteiger partial charge in [-0.25, -0.2) is 0 Å². The predicted octanol–water partition coefficient (Wildman–Crippen LogP) is 4.87. The second-order valence-electron chi connectivity index (χ2n) is 5.78. The minimum absolute atomic E-state index is 0.0170. The Bertz CT molecular complexity index is 827. The van der Waals surface area contributed by atoms with Crippen LogP contribution in [0.1, 0.15) is 12.0 Å². The summed E-state index contributed by atoms with van der Waals surface area (Å²) in [6, 6.07) is 9.37. The number of carbonyl (C=O) groups is 1. The molecule has 0 aliphatic heterocycles. The van der Waals surface area contributed by atoms with Gasteiger partial charge >= 0.3 is 6.18 Å². The third kappa shape index (κ3) is 6.53. The summed E-state index contributed by atoms with van der Waals surface area (Å²) >= 11 is 5.93. The van der Waals surface area contributed by atoms with Crippen LogP contribution >= 0.6 is 11.6 Å². The number of anilines is 1. The Morgan fingerprint density at radius 2 is 1.71 bits per heavy atom. The van der Waals surface area contributed by atoms with Gasteiger partial charge in [0.25, 0.3) is 0 Å². The van der Waals surface area contributed by atoms with E-state index in [0.717, 1.165) is 0 Å². The molecule has 0 saturated carbocycles. The second-order valence-corrected chi connectivity index (χ2v) is 6.22. The molecule has 0 saturated heterocycles. The third-order valence-corrected chi connectivity index (χ3v) is 3.93. The lowest BCUT2D eigenvalue weighted by atomic mass is 10.1. The summed E-state index contributed by atoms with van der Waals surface area (Å²) in [5.41, 5.74) is 1.16. The molecule has 0 atom stereocenters. The number of benzene rings is 2. The van der Waals surface area contributed by atoms with Crippen LogP contribution in [-0.4, -0.2) is 32.9 Å². The van der Waals surface area contributed by atoms with Crippen molar-refractivity contribution in [2.75, 3.05) is 26.1 Å². The molecule has 2 rings (SSSR count). The van der Waals surface area contributed by atoms with Gasteiger partial charge in [0, 0.05) is 11.4 Å². The van der Waals surface area contributed by atoms with E-state index in [2.05, 4.69) is 5.32 Å². The van der Waals surface area contributed by atoms with Crippen LogP contribution in [0.15, 0.2) is 36.4 Å². The quantitative estimate of drug-likeness (QED) is 0.665. The van der Waals surface area contributed by atoms with Crippen LogP contribution in [0.4, 0.5) is 18.9 Å². The highest BCUT2D eigenvalue weighted by Crippen LogP contribution is 2.31. The normalized spacial score (nSPS) is 11.1. The summed E-state index contributed by atoms with van der Waals surface area (Å²) in [6.07, 6.45) is -3.95. The summed E-state index contributed by atoms with van der Waals surface area (Å²) in [6.45, 7) is -1.41. The Labute approximate surface area is 165 Å². The van der Waals surface area contributed by atoms with Crippen molar-refractivity contribution in [2.24, 2.45) is 0 Å². The van der Waals surface area contributed by atoms with Crippen LogP contribution in [-0.2, 0) is 11.2 Å². The van der Waals surface area contributed by atoms with Crippen LogP contribution in [0, 0.1) is 0 Å². The van der Waals surface area contributed by atoms with Crippen molar-refractivity contribution < 1.29 is 32.2 Å². The molecule has 28 heavy (non-hydrogen) atoms. The van der Waals surface area contributed by atoms with Crippen LogP contribution in [0.3, 0.4) is 0 Å². The molecule has 0 bridgehead atoms. The lowest BCUT2D eigenvalue weighted by molar-refractivity contribution is -0.153. The van der Waals surface area contributed by atoms with Gasteiger partial charge in [-0.1, -0.05) is 17.7 Å². The highest BCUT2D eigenvalue weighted by molar-refractivity contribution is 6.31. The van der Waals surface area contributed by atoms with Gasteiger partial charge in [0.2, 0.25) is 5.91 Å². The molecule has 0 radical (unpaired) electrons. The molecule has 5 nitrogen and oxygen atoms in total. The van der Waals surface area contributed by atoms with Crippen LogP contribution in [0.2, 0.25) is 5.02 Å². The number of ether oxygens (including phenoxy) is 3. The number of aryl methyl sites for hydroxylation is 1. The lowest BCUT2D eigenvalue weighted by Crippen LogP contribution is -2.19. The summed E-state index contributed by atoms with van der Waals surface area (Å²) in [7, 11) is 2.81. The van der Waals surface area contributed by atoms with E-state index in [4.69, 9.17) is 25.8 Å². The number of nitrogens with one attached hydrogen (secondary N) is 1. The van der Waals surface area contributed by atoms with Gasteiger partial charge in [-0.05, 0) is 42.3 Å². The highest BCUT2D eigenvalue weighted by Gasteiger charge is 2.29. The average molecular weight is 418 g/mol. The van der Waals surface area contributed by atoms with Gasteiger partial charge in [0.05, 0.1) is 19.9 Å². The zero-order chi connectivity index (χ0) is 20.7. The molecule has 0 unspecified atom stereocenters. The molecule has 0 spiro atoms. The maximum absolute atomic E-state index is 12.3. The van der Waals surface area contributed by atoms with Crippen molar-refractivity contribution in [2.45, 2.75) is 19.0 Å². The predicted molar refractivity (Wildman–Crippen MR) is 99.5 cm³/mol. The first-order chi connectivity index (χ1) is 13.2. The fraction of sp³-hybridized carbons (Fsp3) is 0.316. The maximum Gasteiger partial charge on any atom is 0.422 e. The number of halogens is 4. The first-order valence-electron chi connectivity index (χ1n) is 8.21. The third-order valence-electron chi connectivity index (χ3n) is 3.70. The highest BCUT2D eigenvalue weighted by atomic mass is 35.5. The van der Waals surface area contributed by atoms with Crippen molar-refractivity contribution in [3.8, 4) is 17.2 Å². The zero-order valence-corrected chi connectivity index (χ0v) is 16.0. The monoisotopic (exact) mass is 417 g/mol. The van der Waals surface area contributed by atoms with Crippen molar-refractivity contribution in [1.29, 1.82) is 0 Å². The maximum atomic E-state index is 12.3. The minimum atomic E-state index is -4.44. The van der Waals surface area contributed by atoms with E-state index >= 15 is 0 Å². The van der Waals surface area contributed by atoms with Crippen molar-refractivity contribution in [3.05, 3.63) is 47.0 Å². The summed E-state index contributed by atoms with van der Waals surface area (Å²) in [5, 5.41) is 3.17. The van der Waals surface area contributed by atoms with Crippen LogP contribution in [0.5, 0.6) is 17.2 Å². The fourth-order valence-electron chi connectivity index (χ4n) is 2.39. The van der Waals surface area contributed by atoms with Gasteiger partial charge < -0.3 is 19.5 Å². The molecule has 2 aromatic carbocycles. The standard InChI is InChI=1S/C19H19ClF3NO4/c1-26-15-7-5-13(20)10-14(15)24-18(25)8-4-12-3-6-16(17(9-12)27-2)28-11-19(21,22)23/h3,5-7,9-10H,4,8,11H2,1-2H3,(H,24,25). The number of methoxy groups -OCH3 is 2. The molecule has 1 N–H and O–H groups in total. The molecule has 9 heteroatoms. The van der Waals surface area contributed by atoms with Crippen LogP contribution in [0.25, 0.3) is 0 Å². The minimum Gasteiger partial charge on any atom is -0.495 e. The Kier molecular flexibility index (Phi) is 7.39. The molecule has 0 aromatic heterocycles. The Balaban J connectivity index is 1.98. The van der Waals surface area contributed by atoms with E-state index in [-0.39, 0.29) is 23.8 Å². The zero-order valence-electron chi connectivity index (χ0n) is 15.2. The topological polar surface area (TPSA) is 56.8 Å². The first-order valence-corrected chi connectivity index (χ1v) is 8.59.